The van der Waals surface area contributed by atoms with E-state index in [2.05, 4.69) is 22.2 Å². The van der Waals surface area contributed by atoms with E-state index in [1.54, 1.807) is 0 Å². The van der Waals surface area contributed by atoms with Gasteiger partial charge in [-0.1, -0.05) is 43.2 Å². The molecular formula is C13H18N2. The minimum Gasteiger partial charge on any atom is -0.297 e. The lowest BCUT2D eigenvalue weighted by atomic mass is 10.2. The lowest BCUT2D eigenvalue weighted by Crippen LogP contribution is -2.18. The first kappa shape index (κ1) is 10.2. The SMILES string of the molecule is C(=NN1CCCCCC1)c1ccccc1. The molecule has 0 amide bonds. The van der Waals surface area contributed by atoms with E-state index in [0.717, 1.165) is 13.1 Å². The average molecular weight is 202 g/mol. The van der Waals surface area contributed by atoms with E-state index < -0.39 is 0 Å². The van der Waals surface area contributed by atoms with Gasteiger partial charge in [-0.25, -0.2) is 0 Å². The number of hydrogen-bond acceptors (Lipinski definition) is 2. The monoisotopic (exact) mass is 202 g/mol. The molecule has 0 unspecified atom stereocenters. The van der Waals surface area contributed by atoms with Gasteiger partial charge >= 0.3 is 0 Å². The molecule has 1 aromatic rings. The van der Waals surface area contributed by atoms with Gasteiger partial charge in [-0.05, 0) is 18.4 Å². The van der Waals surface area contributed by atoms with Crippen molar-refractivity contribution in [3.8, 4) is 0 Å². The van der Waals surface area contributed by atoms with E-state index in [-0.39, 0.29) is 0 Å². The van der Waals surface area contributed by atoms with Gasteiger partial charge in [0, 0.05) is 13.1 Å². The summed E-state index contributed by atoms with van der Waals surface area (Å²) < 4.78 is 0. The van der Waals surface area contributed by atoms with Gasteiger partial charge in [-0.2, -0.15) is 5.10 Å². The van der Waals surface area contributed by atoms with Gasteiger partial charge in [0.25, 0.3) is 0 Å². The molecule has 1 saturated heterocycles. The fourth-order valence-electron chi connectivity index (χ4n) is 1.86. The first-order chi connectivity index (χ1) is 7.45. The number of rotatable bonds is 2. The maximum Gasteiger partial charge on any atom is 0.0542 e. The summed E-state index contributed by atoms with van der Waals surface area (Å²) >= 11 is 0. The van der Waals surface area contributed by atoms with E-state index in [1.165, 1.54) is 31.2 Å². The molecule has 0 spiro atoms. The molecule has 0 atom stereocenters. The third-order valence-electron chi connectivity index (χ3n) is 2.75. The predicted octanol–water partition coefficient (Wildman–Crippen LogP) is 2.90. The van der Waals surface area contributed by atoms with Gasteiger partial charge in [0.1, 0.15) is 0 Å². The Bertz CT molecular complexity index is 298. The van der Waals surface area contributed by atoms with Crippen molar-refractivity contribution in [2.75, 3.05) is 13.1 Å². The van der Waals surface area contributed by atoms with E-state index in [4.69, 9.17) is 0 Å². The second-order valence-corrected chi connectivity index (χ2v) is 4.02. The molecule has 1 aliphatic rings. The molecule has 1 aromatic carbocycles. The van der Waals surface area contributed by atoms with Crippen LogP contribution in [0.1, 0.15) is 31.2 Å². The smallest absolute Gasteiger partial charge is 0.0542 e. The summed E-state index contributed by atoms with van der Waals surface area (Å²) in [5.41, 5.74) is 1.18. The van der Waals surface area contributed by atoms with E-state index in [0.29, 0.717) is 0 Å². The Balaban J connectivity index is 1.92. The third-order valence-corrected chi connectivity index (χ3v) is 2.75. The molecule has 0 radical (unpaired) electrons. The molecule has 2 rings (SSSR count). The summed E-state index contributed by atoms with van der Waals surface area (Å²) in [6.45, 7) is 2.23. The van der Waals surface area contributed by atoms with Crippen LogP contribution >= 0.6 is 0 Å². The summed E-state index contributed by atoms with van der Waals surface area (Å²) in [4.78, 5) is 0. The van der Waals surface area contributed by atoms with Crippen molar-refractivity contribution in [2.24, 2.45) is 5.10 Å². The largest absolute Gasteiger partial charge is 0.297 e. The van der Waals surface area contributed by atoms with Crippen LogP contribution in [0.4, 0.5) is 0 Å². The zero-order chi connectivity index (χ0) is 10.3. The molecule has 80 valence electrons. The zero-order valence-electron chi connectivity index (χ0n) is 9.10. The lowest BCUT2D eigenvalue weighted by molar-refractivity contribution is 0.302. The molecule has 0 bridgehead atoms. The molecule has 15 heavy (non-hydrogen) atoms. The van der Waals surface area contributed by atoms with Crippen LogP contribution in [0.2, 0.25) is 0 Å². The first-order valence-electron chi connectivity index (χ1n) is 5.79. The van der Waals surface area contributed by atoms with Gasteiger partial charge < -0.3 is 0 Å². The van der Waals surface area contributed by atoms with Crippen LogP contribution < -0.4 is 0 Å². The normalized spacial score (nSPS) is 18.0. The van der Waals surface area contributed by atoms with Crippen LogP contribution in [-0.2, 0) is 0 Å². The third kappa shape index (κ3) is 3.39. The van der Waals surface area contributed by atoms with Crippen molar-refractivity contribution in [1.82, 2.24) is 5.01 Å². The molecular weight excluding hydrogens is 184 g/mol. The summed E-state index contributed by atoms with van der Waals surface area (Å²) in [5, 5.41) is 6.72. The maximum atomic E-state index is 4.52. The summed E-state index contributed by atoms with van der Waals surface area (Å²) in [6.07, 6.45) is 7.25. The fourth-order valence-corrected chi connectivity index (χ4v) is 1.86. The average Bonchev–Trinajstić information content (AvgIpc) is 2.56. The first-order valence-corrected chi connectivity index (χ1v) is 5.79. The Morgan fingerprint density at radius 3 is 2.27 bits per heavy atom. The molecule has 0 aliphatic carbocycles. The van der Waals surface area contributed by atoms with Crippen LogP contribution in [0.25, 0.3) is 0 Å². The number of hydrogen-bond donors (Lipinski definition) is 0. The topological polar surface area (TPSA) is 15.6 Å². The molecule has 2 heteroatoms. The summed E-state index contributed by atoms with van der Waals surface area (Å²) in [7, 11) is 0. The van der Waals surface area contributed by atoms with Gasteiger partial charge in [0.15, 0.2) is 0 Å². The van der Waals surface area contributed by atoms with E-state index in [9.17, 15) is 0 Å². The molecule has 0 saturated carbocycles. The molecule has 2 nitrogen and oxygen atoms in total. The zero-order valence-corrected chi connectivity index (χ0v) is 9.10. The van der Waals surface area contributed by atoms with Gasteiger partial charge in [-0.3, -0.25) is 5.01 Å². The van der Waals surface area contributed by atoms with Crippen molar-refractivity contribution in [3.05, 3.63) is 35.9 Å². The molecule has 1 fully saturated rings. The highest BCUT2D eigenvalue weighted by molar-refractivity contribution is 5.79. The van der Waals surface area contributed by atoms with Gasteiger partial charge in [0.2, 0.25) is 0 Å². The van der Waals surface area contributed by atoms with Crippen LogP contribution in [0.3, 0.4) is 0 Å². The molecule has 1 aliphatic heterocycles. The van der Waals surface area contributed by atoms with Crippen molar-refractivity contribution >= 4 is 6.21 Å². The van der Waals surface area contributed by atoms with Crippen molar-refractivity contribution in [2.45, 2.75) is 25.7 Å². The van der Waals surface area contributed by atoms with Crippen LogP contribution in [0.15, 0.2) is 35.4 Å². The number of hydrazone groups is 1. The van der Waals surface area contributed by atoms with Crippen LogP contribution in [-0.4, -0.2) is 24.3 Å². The Labute approximate surface area is 91.6 Å². The minimum atomic E-state index is 1.11. The van der Waals surface area contributed by atoms with Crippen molar-refractivity contribution in [1.29, 1.82) is 0 Å². The number of benzene rings is 1. The Morgan fingerprint density at radius 1 is 0.933 bits per heavy atom. The van der Waals surface area contributed by atoms with Gasteiger partial charge in [-0.15, -0.1) is 0 Å². The van der Waals surface area contributed by atoms with Gasteiger partial charge in [0.05, 0.1) is 6.21 Å². The quantitative estimate of drug-likeness (QED) is 0.673. The maximum absolute atomic E-state index is 4.52. The summed E-state index contributed by atoms with van der Waals surface area (Å²) in [5.74, 6) is 0. The highest BCUT2D eigenvalue weighted by atomic mass is 15.4. The second-order valence-electron chi connectivity index (χ2n) is 4.02. The van der Waals surface area contributed by atoms with Crippen LogP contribution in [0.5, 0.6) is 0 Å². The Hall–Kier alpha value is -1.31. The molecule has 1 heterocycles. The van der Waals surface area contributed by atoms with E-state index in [1.807, 2.05) is 24.4 Å². The minimum absolute atomic E-state index is 1.11. The van der Waals surface area contributed by atoms with E-state index >= 15 is 0 Å². The van der Waals surface area contributed by atoms with Crippen molar-refractivity contribution in [3.63, 3.8) is 0 Å². The lowest BCUT2D eigenvalue weighted by Gasteiger charge is -2.15. The summed E-state index contributed by atoms with van der Waals surface area (Å²) in [6, 6.07) is 10.3. The van der Waals surface area contributed by atoms with Crippen molar-refractivity contribution < 1.29 is 0 Å². The Kier molecular flexibility index (Phi) is 3.77. The predicted molar refractivity (Wildman–Crippen MR) is 64.1 cm³/mol. The standard InChI is InChI=1S/C13H18N2/c1-2-7-11-15(10-6-1)14-12-13-8-4-3-5-9-13/h3-5,8-9,12H,1-2,6-7,10-11H2. The van der Waals surface area contributed by atoms with Crippen LogP contribution in [0, 0.1) is 0 Å². The second kappa shape index (κ2) is 5.54. The Morgan fingerprint density at radius 2 is 1.60 bits per heavy atom. The number of nitrogens with zero attached hydrogens (tertiary/aromatic N) is 2. The molecule has 0 aromatic heterocycles. The molecule has 0 N–H and O–H groups in total. The highest BCUT2D eigenvalue weighted by Gasteiger charge is 2.04. The highest BCUT2D eigenvalue weighted by Crippen LogP contribution is 2.09. The fraction of sp³-hybridized carbons (Fsp3) is 0.462.